The van der Waals surface area contributed by atoms with E-state index in [1.807, 2.05) is 6.92 Å². The molecule has 4 nitrogen and oxygen atoms in total. The number of nitrogens with zero attached hydrogens (tertiary/aromatic N) is 2. The lowest BCUT2D eigenvalue weighted by Crippen LogP contribution is -2.28. The number of halogens is 1. The fraction of sp³-hybridized carbons (Fsp3) is 0.333. The minimum atomic E-state index is -0.953. The van der Waals surface area contributed by atoms with E-state index in [1.165, 1.54) is 17.3 Å². The Morgan fingerprint density at radius 3 is 2.75 bits per heavy atom. The lowest BCUT2D eigenvalue weighted by molar-refractivity contribution is 0.148. The first-order valence-electron chi connectivity index (χ1n) is 8.06. The van der Waals surface area contributed by atoms with Crippen molar-refractivity contribution >= 4 is 27.4 Å². The summed E-state index contributed by atoms with van der Waals surface area (Å²) in [6, 6.07) is 8.05. The van der Waals surface area contributed by atoms with Gasteiger partial charge in [0.2, 0.25) is 0 Å². The molecular weight excluding hydrogens is 325 g/mol. The fourth-order valence-corrected chi connectivity index (χ4v) is 3.64. The second-order valence-electron chi connectivity index (χ2n) is 5.63. The molecule has 0 unspecified atom stereocenters. The summed E-state index contributed by atoms with van der Waals surface area (Å²) in [4.78, 5) is 10.8. The summed E-state index contributed by atoms with van der Waals surface area (Å²) in [6.45, 7) is 4.05. The summed E-state index contributed by atoms with van der Waals surface area (Å²) in [5.41, 5.74) is 0.293. The van der Waals surface area contributed by atoms with Crippen molar-refractivity contribution in [1.29, 1.82) is 0 Å². The van der Waals surface area contributed by atoms with Crippen LogP contribution in [-0.2, 0) is 6.42 Å². The molecule has 0 saturated carbocycles. The number of hydrogen-bond acceptors (Lipinski definition) is 5. The van der Waals surface area contributed by atoms with Gasteiger partial charge in [0.1, 0.15) is 28.9 Å². The molecular formula is C18H20FN3OS. The molecule has 0 radical (unpaired) electrons. The molecule has 0 aliphatic rings. The number of aliphatic hydroxyl groups is 1. The number of aryl methyl sites for hydroxylation is 1. The Kier molecular flexibility index (Phi) is 5.06. The smallest absolute Gasteiger partial charge is 0.138 e. The van der Waals surface area contributed by atoms with E-state index in [9.17, 15) is 9.50 Å². The zero-order valence-electron chi connectivity index (χ0n) is 13.7. The topological polar surface area (TPSA) is 58.0 Å². The van der Waals surface area contributed by atoms with Crippen LogP contribution in [0.3, 0.4) is 0 Å². The number of benzene rings is 1. The van der Waals surface area contributed by atoms with Gasteiger partial charge in [-0.2, -0.15) is 0 Å². The van der Waals surface area contributed by atoms with Crippen molar-refractivity contribution in [1.82, 2.24) is 9.97 Å². The molecule has 2 heterocycles. The van der Waals surface area contributed by atoms with E-state index in [0.717, 1.165) is 16.6 Å². The number of anilines is 1. The Balaban J connectivity index is 1.91. The van der Waals surface area contributed by atoms with Crippen LogP contribution in [0.2, 0.25) is 0 Å². The highest BCUT2D eigenvalue weighted by Crippen LogP contribution is 2.31. The molecule has 126 valence electrons. The highest BCUT2D eigenvalue weighted by Gasteiger charge is 2.23. The average Bonchev–Trinajstić information content (AvgIpc) is 3.03. The lowest BCUT2D eigenvalue weighted by Gasteiger charge is -2.24. The third-order valence-corrected chi connectivity index (χ3v) is 5.28. The van der Waals surface area contributed by atoms with Gasteiger partial charge < -0.3 is 10.4 Å². The Bertz CT molecular complexity index is 836. The normalized spacial score (nSPS) is 13.8. The highest BCUT2D eigenvalue weighted by atomic mass is 32.1. The maximum absolute atomic E-state index is 14.0. The molecule has 0 spiro atoms. The number of aromatic nitrogens is 2. The van der Waals surface area contributed by atoms with E-state index < -0.39 is 11.9 Å². The highest BCUT2D eigenvalue weighted by molar-refractivity contribution is 7.18. The number of aliphatic hydroxyl groups excluding tert-OH is 1. The Morgan fingerprint density at radius 2 is 2.04 bits per heavy atom. The molecule has 2 atom stereocenters. The lowest BCUT2D eigenvalue weighted by atomic mass is 9.99. The third-order valence-electron chi connectivity index (χ3n) is 4.10. The van der Waals surface area contributed by atoms with E-state index >= 15 is 0 Å². The van der Waals surface area contributed by atoms with Crippen LogP contribution in [0.1, 0.15) is 36.8 Å². The van der Waals surface area contributed by atoms with Crippen molar-refractivity contribution < 1.29 is 9.50 Å². The maximum atomic E-state index is 14.0. The molecule has 0 bridgehead atoms. The number of fused-ring (bicyclic) bond motifs is 1. The standard InChI is InChI=1S/C18H20FN3OS/c1-3-11-9-13-17(20-10-21-18(13)24-11)22-15(4-2)16(23)12-7-5-6-8-14(12)19/h5-10,15-16,23H,3-4H2,1-2H3,(H,20,21,22)/t15-,16-/m1/s1. The van der Waals surface area contributed by atoms with Crippen LogP contribution >= 0.6 is 11.3 Å². The van der Waals surface area contributed by atoms with E-state index in [1.54, 1.807) is 29.5 Å². The van der Waals surface area contributed by atoms with Gasteiger partial charge in [0, 0.05) is 10.4 Å². The van der Waals surface area contributed by atoms with Crippen molar-refractivity contribution in [2.75, 3.05) is 5.32 Å². The van der Waals surface area contributed by atoms with Crippen LogP contribution in [0.25, 0.3) is 10.2 Å². The van der Waals surface area contributed by atoms with Gasteiger partial charge in [0.15, 0.2) is 0 Å². The molecule has 0 fully saturated rings. The van der Waals surface area contributed by atoms with Gasteiger partial charge >= 0.3 is 0 Å². The summed E-state index contributed by atoms with van der Waals surface area (Å²) in [6.07, 6.45) is 2.13. The third kappa shape index (κ3) is 3.25. The Morgan fingerprint density at radius 1 is 1.25 bits per heavy atom. The molecule has 0 aliphatic heterocycles. The average molecular weight is 345 g/mol. The molecule has 3 rings (SSSR count). The first-order valence-corrected chi connectivity index (χ1v) is 8.88. The Labute approximate surface area is 144 Å². The Hall–Kier alpha value is -2.05. The SMILES string of the molecule is CCc1cc2c(N[C@H](CC)[C@H](O)c3ccccc3F)ncnc2s1. The molecule has 3 aromatic rings. The molecule has 0 saturated heterocycles. The van der Waals surface area contributed by atoms with E-state index in [0.29, 0.717) is 17.8 Å². The van der Waals surface area contributed by atoms with Crippen LogP contribution in [0.15, 0.2) is 36.7 Å². The van der Waals surface area contributed by atoms with Gasteiger partial charge in [0.05, 0.1) is 11.4 Å². The molecule has 1 aromatic carbocycles. The first kappa shape index (κ1) is 16.8. The second-order valence-corrected chi connectivity index (χ2v) is 6.75. The summed E-state index contributed by atoms with van der Waals surface area (Å²) in [5.74, 6) is 0.278. The molecule has 6 heteroatoms. The van der Waals surface area contributed by atoms with Crippen LogP contribution < -0.4 is 5.32 Å². The molecule has 24 heavy (non-hydrogen) atoms. The number of rotatable bonds is 6. The van der Waals surface area contributed by atoms with Crippen molar-refractivity contribution in [2.24, 2.45) is 0 Å². The minimum absolute atomic E-state index is 0.293. The van der Waals surface area contributed by atoms with Crippen LogP contribution in [0.5, 0.6) is 0 Å². The van der Waals surface area contributed by atoms with Crippen LogP contribution in [-0.4, -0.2) is 21.1 Å². The zero-order valence-corrected chi connectivity index (χ0v) is 14.5. The summed E-state index contributed by atoms with van der Waals surface area (Å²) >= 11 is 1.64. The largest absolute Gasteiger partial charge is 0.386 e. The predicted molar refractivity (Wildman–Crippen MR) is 95.9 cm³/mol. The second kappa shape index (κ2) is 7.23. The molecule has 0 amide bonds. The number of nitrogens with one attached hydrogen (secondary N) is 1. The predicted octanol–water partition coefficient (Wildman–Crippen LogP) is 4.32. The molecule has 0 aliphatic carbocycles. The zero-order chi connectivity index (χ0) is 17.1. The van der Waals surface area contributed by atoms with Crippen molar-refractivity contribution in [3.63, 3.8) is 0 Å². The van der Waals surface area contributed by atoms with E-state index in [4.69, 9.17) is 0 Å². The molecule has 2 aromatic heterocycles. The minimum Gasteiger partial charge on any atom is -0.386 e. The van der Waals surface area contributed by atoms with Gasteiger partial charge in [-0.25, -0.2) is 14.4 Å². The van der Waals surface area contributed by atoms with Crippen molar-refractivity contribution in [2.45, 2.75) is 38.8 Å². The van der Waals surface area contributed by atoms with Crippen LogP contribution in [0.4, 0.5) is 10.2 Å². The monoisotopic (exact) mass is 345 g/mol. The maximum Gasteiger partial charge on any atom is 0.138 e. The van der Waals surface area contributed by atoms with Gasteiger partial charge in [-0.1, -0.05) is 32.0 Å². The number of hydrogen-bond donors (Lipinski definition) is 2. The van der Waals surface area contributed by atoms with Gasteiger partial charge in [0.25, 0.3) is 0 Å². The summed E-state index contributed by atoms with van der Waals surface area (Å²) in [5, 5.41) is 14.8. The summed E-state index contributed by atoms with van der Waals surface area (Å²) in [7, 11) is 0. The van der Waals surface area contributed by atoms with Crippen molar-refractivity contribution in [3.05, 3.63) is 52.9 Å². The van der Waals surface area contributed by atoms with Gasteiger partial charge in [-0.15, -0.1) is 11.3 Å². The van der Waals surface area contributed by atoms with Crippen molar-refractivity contribution in [3.8, 4) is 0 Å². The fourth-order valence-electron chi connectivity index (χ4n) is 2.71. The molecule has 2 N–H and O–H groups in total. The van der Waals surface area contributed by atoms with Gasteiger partial charge in [-0.3, -0.25) is 0 Å². The quantitative estimate of drug-likeness (QED) is 0.699. The van der Waals surface area contributed by atoms with E-state index in [2.05, 4.69) is 28.3 Å². The summed E-state index contributed by atoms with van der Waals surface area (Å²) < 4.78 is 14.0. The van der Waals surface area contributed by atoms with Crippen LogP contribution in [0, 0.1) is 5.82 Å². The van der Waals surface area contributed by atoms with Gasteiger partial charge in [-0.05, 0) is 25.0 Å². The van der Waals surface area contributed by atoms with E-state index in [-0.39, 0.29) is 6.04 Å². The first-order chi connectivity index (χ1) is 11.6. The number of thiophene rings is 1.